The van der Waals surface area contributed by atoms with Crippen LogP contribution in [-0.2, 0) is 8.85 Å². The van der Waals surface area contributed by atoms with Gasteiger partial charge in [-0.3, -0.25) is 0 Å². The maximum absolute atomic E-state index is 6.59. The van der Waals surface area contributed by atoms with E-state index in [0.717, 1.165) is 6.61 Å². The lowest BCUT2D eigenvalue weighted by molar-refractivity contribution is 0.185. The van der Waals surface area contributed by atoms with Gasteiger partial charge in [0.2, 0.25) is 0 Å². The Morgan fingerprint density at radius 3 is 1.86 bits per heavy atom. The zero-order chi connectivity index (χ0) is 17.4. The maximum Gasteiger partial charge on any atom is 0.192 e. The van der Waals surface area contributed by atoms with E-state index in [9.17, 15) is 0 Å². The van der Waals surface area contributed by atoms with Crippen LogP contribution in [-0.4, -0.2) is 34.6 Å². The van der Waals surface area contributed by atoms with Crippen molar-refractivity contribution in [1.29, 1.82) is 0 Å². The molecule has 2 nitrogen and oxygen atoms in total. The SMILES string of the molecule is CC(C)(C)[Si](C)(C)OC[C@H]1SC=C[C@@H]1O[Si](C)(C)C(C)(C)C. The van der Waals surface area contributed by atoms with Crippen LogP contribution < -0.4 is 0 Å². The summed E-state index contributed by atoms with van der Waals surface area (Å²) in [6.45, 7) is 23.9. The summed E-state index contributed by atoms with van der Waals surface area (Å²) in [7, 11) is -3.41. The van der Waals surface area contributed by atoms with Gasteiger partial charge < -0.3 is 8.85 Å². The fourth-order valence-electron chi connectivity index (χ4n) is 1.70. The number of thioether (sulfide) groups is 1. The van der Waals surface area contributed by atoms with Crippen molar-refractivity contribution in [3.05, 3.63) is 11.5 Å². The third-order valence-corrected chi connectivity index (χ3v) is 15.6. The van der Waals surface area contributed by atoms with Gasteiger partial charge in [0, 0.05) is 6.61 Å². The van der Waals surface area contributed by atoms with Crippen molar-refractivity contribution in [2.75, 3.05) is 6.61 Å². The molecule has 0 radical (unpaired) electrons. The van der Waals surface area contributed by atoms with Gasteiger partial charge in [-0.2, -0.15) is 0 Å². The third-order valence-electron chi connectivity index (χ3n) is 5.54. The summed E-state index contributed by atoms with van der Waals surface area (Å²) in [6, 6.07) is 0. The maximum atomic E-state index is 6.59. The first kappa shape index (κ1) is 20.5. The zero-order valence-electron chi connectivity index (χ0n) is 16.2. The first-order chi connectivity index (χ1) is 9.67. The van der Waals surface area contributed by atoms with Crippen LogP contribution in [0.4, 0.5) is 0 Å². The van der Waals surface area contributed by atoms with Gasteiger partial charge in [-0.05, 0) is 47.7 Å². The average Bonchev–Trinajstić information content (AvgIpc) is 2.70. The van der Waals surface area contributed by atoms with E-state index >= 15 is 0 Å². The van der Waals surface area contributed by atoms with E-state index in [2.05, 4.69) is 79.2 Å². The summed E-state index contributed by atoms with van der Waals surface area (Å²) in [5.74, 6) is 0. The van der Waals surface area contributed by atoms with E-state index in [1.807, 2.05) is 11.8 Å². The molecule has 0 unspecified atom stereocenters. The highest BCUT2D eigenvalue weighted by atomic mass is 32.2. The molecule has 0 spiro atoms. The van der Waals surface area contributed by atoms with Crippen molar-refractivity contribution >= 4 is 28.4 Å². The zero-order valence-corrected chi connectivity index (χ0v) is 19.1. The lowest BCUT2D eigenvalue weighted by Gasteiger charge is -2.40. The highest BCUT2D eigenvalue weighted by Crippen LogP contribution is 2.41. The van der Waals surface area contributed by atoms with Gasteiger partial charge >= 0.3 is 0 Å². The second kappa shape index (κ2) is 6.75. The predicted octanol–water partition coefficient (Wildman–Crippen LogP) is 6.03. The molecule has 1 heterocycles. The molecule has 0 aromatic rings. The second-order valence-corrected chi connectivity index (χ2v) is 20.1. The number of hydrogen-bond acceptors (Lipinski definition) is 3. The Morgan fingerprint density at radius 1 is 0.909 bits per heavy atom. The Labute approximate surface area is 144 Å². The Morgan fingerprint density at radius 2 is 1.41 bits per heavy atom. The summed E-state index contributed by atoms with van der Waals surface area (Å²) in [5.41, 5.74) is 0. The Bertz CT molecular complexity index is 406. The summed E-state index contributed by atoms with van der Waals surface area (Å²) < 4.78 is 13.0. The molecular formula is C17H36O2SSi2. The topological polar surface area (TPSA) is 18.5 Å². The largest absolute Gasteiger partial charge is 0.416 e. The smallest absolute Gasteiger partial charge is 0.192 e. The molecule has 0 fully saturated rings. The highest BCUT2D eigenvalue weighted by Gasteiger charge is 2.42. The van der Waals surface area contributed by atoms with Gasteiger partial charge in [0.15, 0.2) is 16.6 Å². The van der Waals surface area contributed by atoms with Crippen LogP contribution in [0, 0.1) is 0 Å². The molecule has 2 atom stereocenters. The van der Waals surface area contributed by atoms with Crippen LogP contribution in [0.3, 0.4) is 0 Å². The van der Waals surface area contributed by atoms with Crippen molar-refractivity contribution in [3.63, 3.8) is 0 Å². The average molecular weight is 361 g/mol. The molecule has 0 aliphatic carbocycles. The van der Waals surface area contributed by atoms with Gasteiger partial charge in [0.05, 0.1) is 11.4 Å². The van der Waals surface area contributed by atoms with E-state index < -0.39 is 16.6 Å². The van der Waals surface area contributed by atoms with Crippen LogP contribution in [0.15, 0.2) is 11.5 Å². The molecule has 0 saturated heterocycles. The summed E-state index contributed by atoms with van der Waals surface area (Å²) >= 11 is 1.87. The minimum atomic E-state index is -1.73. The lowest BCUT2D eigenvalue weighted by Crippen LogP contribution is -2.47. The van der Waals surface area contributed by atoms with Crippen LogP contribution in [0.2, 0.25) is 36.3 Å². The van der Waals surface area contributed by atoms with E-state index in [1.165, 1.54) is 0 Å². The predicted molar refractivity (Wildman–Crippen MR) is 106 cm³/mol. The Balaban J connectivity index is 2.67. The molecule has 0 aromatic carbocycles. The van der Waals surface area contributed by atoms with Crippen LogP contribution >= 0.6 is 11.8 Å². The first-order valence-electron chi connectivity index (χ1n) is 8.31. The van der Waals surface area contributed by atoms with Gasteiger partial charge in [0.25, 0.3) is 0 Å². The quantitative estimate of drug-likeness (QED) is 0.558. The van der Waals surface area contributed by atoms with Crippen molar-refractivity contribution in [2.24, 2.45) is 0 Å². The molecule has 1 rings (SSSR count). The van der Waals surface area contributed by atoms with Gasteiger partial charge in [0.1, 0.15) is 0 Å². The number of rotatable bonds is 5. The Hall–Kier alpha value is 0.444. The van der Waals surface area contributed by atoms with Crippen molar-refractivity contribution < 1.29 is 8.85 Å². The first-order valence-corrected chi connectivity index (χ1v) is 15.1. The highest BCUT2D eigenvalue weighted by molar-refractivity contribution is 8.03. The lowest BCUT2D eigenvalue weighted by atomic mass is 10.2. The molecule has 0 aromatic heterocycles. The molecule has 0 saturated carbocycles. The fraction of sp³-hybridized carbons (Fsp3) is 0.882. The summed E-state index contributed by atoms with van der Waals surface area (Å²) in [4.78, 5) is 0. The minimum Gasteiger partial charge on any atom is -0.416 e. The minimum absolute atomic E-state index is 0.204. The third kappa shape index (κ3) is 4.97. The standard InChI is InChI=1S/C17H36O2SSi2/c1-16(2,3)21(7,8)18-13-15-14(11-12-20-15)19-22(9,10)17(4,5)6/h11-12,14-15H,13H2,1-10H3/t14-,15+/m0/s1. The van der Waals surface area contributed by atoms with E-state index in [0.29, 0.717) is 5.25 Å². The number of hydrogen-bond donors (Lipinski definition) is 0. The Kier molecular flexibility index (Phi) is 6.28. The second-order valence-electron chi connectivity index (χ2n) is 9.42. The summed E-state index contributed by atoms with van der Waals surface area (Å²) in [6.07, 6.45) is 2.43. The molecular weight excluding hydrogens is 324 g/mol. The molecule has 0 N–H and O–H groups in total. The van der Waals surface area contributed by atoms with Gasteiger partial charge in [-0.15, -0.1) is 11.8 Å². The molecule has 0 amide bonds. The summed E-state index contributed by atoms with van der Waals surface area (Å²) in [5, 5.41) is 3.11. The molecule has 130 valence electrons. The molecule has 22 heavy (non-hydrogen) atoms. The van der Waals surface area contributed by atoms with Crippen LogP contribution in [0.25, 0.3) is 0 Å². The molecule has 1 aliphatic heterocycles. The van der Waals surface area contributed by atoms with Crippen molar-refractivity contribution in [2.45, 2.75) is 89.2 Å². The van der Waals surface area contributed by atoms with E-state index in [4.69, 9.17) is 8.85 Å². The van der Waals surface area contributed by atoms with Crippen LogP contribution in [0.5, 0.6) is 0 Å². The van der Waals surface area contributed by atoms with Crippen molar-refractivity contribution in [1.82, 2.24) is 0 Å². The molecule has 5 heteroatoms. The normalized spacial score (nSPS) is 24.1. The van der Waals surface area contributed by atoms with Crippen molar-refractivity contribution in [3.8, 4) is 0 Å². The van der Waals surface area contributed by atoms with E-state index in [-0.39, 0.29) is 16.2 Å². The van der Waals surface area contributed by atoms with Crippen LogP contribution in [0.1, 0.15) is 41.5 Å². The van der Waals surface area contributed by atoms with Gasteiger partial charge in [-0.1, -0.05) is 41.5 Å². The molecule has 0 bridgehead atoms. The van der Waals surface area contributed by atoms with Gasteiger partial charge in [-0.25, -0.2) is 0 Å². The van der Waals surface area contributed by atoms with E-state index in [1.54, 1.807) is 0 Å². The fourth-order valence-corrected chi connectivity index (χ4v) is 5.12. The molecule has 1 aliphatic rings. The monoisotopic (exact) mass is 360 g/mol.